The monoisotopic (exact) mass is 1050 g/mol. The first kappa shape index (κ1) is 58.8. The molecule has 0 saturated carbocycles. The average molecular weight is 1050 g/mol. The van der Waals surface area contributed by atoms with Gasteiger partial charge in [-0.25, -0.2) is 4.79 Å². The van der Waals surface area contributed by atoms with Crippen molar-refractivity contribution in [1.82, 2.24) is 41.3 Å². The summed E-state index contributed by atoms with van der Waals surface area (Å²) in [7, 11) is 2.89. The second-order valence-electron chi connectivity index (χ2n) is 20.2. The molecule has 0 unspecified atom stereocenters. The van der Waals surface area contributed by atoms with Crippen molar-refractivity contribution in [3.8, 4) is 5.75 Å². The molecule has 2 bridgehead atoms. The van der Waals surface area contributed by atoms with Crippen LogP contribution in [0.3, 0.4) is 0 Å². The molecular weight excluding hydrogens is 971 g/mol. The Bertz CT molecular complexity index is 2390. The number of likely N-dealkylation sites (N-methyl/N-ethyl adjacent to an activating group) is 1. The smallest absolute Gasteiger partial charge is 0.329 e. The summed E-state index contributed by atoms with van der Waals surface area (Å²) < 4.78 is 11.3. The standard InChI is InChI=1S/C53H75N9O13/c1-9-30(4)44-53(73)75-31(5)45(59-46(66)36(21-23-42(54)64)55-48(68)39-16-13-25-61(39)32(6)63)50(70)57-38(26-29(2)3)47(67)56-37-22-24-43(65)62(51(37)71)41(28-33-14-11-10-12-15-33)52(72)60(7)40(49(69)58-44)27-34-17-19-35(74-8)20-18-34/h10-12,14-15,17-20,29-31,36-41,43-45,65H,9,13,16,21-28H2,1-8H3,(H2,54,64)(H,55,68)(H,56,67)(H,57,70)(H,58,69)(H,59,66)/t30-,31-,36+,37+,38+,39+,40+,41+,43-,44+,45+/m1/s1. The number of nitrogens with zero attached hydrogens (tertiary/aromatic N) is 3. The fourth-order valence-corrected chi connectivity index (χ4v) is 9.69. The summed E-state index contributed by atoms with van der Waals surface area (Å²) in [5, 5.41) is 25.0. The first-order valence-electron chi connectivity index (χ1n) is 25.8. The highest BCUT2D eigenvalue weighted by molar-refractivity contribution is 5.99. The number of carbonyl (C=O) groups excluding carboxylic acids is 10. The number of carbonyl (C=O) groups is 10. The highest BCUT2D eigenvalue weighted by atomic mass is 16.5. The number of primary amides is 1. The van der Waals surface area contributed by atoms with Crippen molar-refractivity contribution in [2.75, 3.05) is 20.7 Å². The highest BCUT2D eigenvalue weighted by Crippen LogP contribution is 2.26. The van der Waals surface area contributed by atoms with Gasteiger partial charge in [-0.3, -0.25) is 43.2 Å². The van der Waals surface area contributed by atoms with Crippen LogP contribution < -0.4 is 37.1 Å². The second-order valence-corrected chi connectivity index (χ2v) is 20.2. The van der Waals surface area contributed by atoms with Gasteiger partial charge >= 0.3 is 5.97 Å². The number of fused-ring (bicyclic) bond motifs is 2. The number of aliphatic hydroxyl groups excluding tert-OH is 1. The van der Waals surface area contributed by atoms with Crippen molar-refractivity contribution in [3.05, 3.63) is 65.7 Å². The van der Waals surface area contributed by atoms with Crippen LogP contribution in [0.25, 0.3) is 0 Å². The number of likely N-dealkylation sites (tertiary alicyclic amines) is 1. The Hall–Kier alpha value is -7.10. The molecule has 22 nitrogen and oxygen atoms in total. The number of methoxy groups -OCH3 is 1. The molecule has 8 N–H and O–H groups in total. The highest BCUT2D eigenvalue weighted by Gasteiger charge is 2.46. The fourth-order valence-electron chi connectivity index (χ4n) is 9.69. The zero-order valence-corrected chi connectivity index (χ0v) is 44.2. The van der Waals surface area contributed by atoms with Crippen LogP contribution in [0.2, 0.25) is 0 Å². The van der Waals surface area contributed by atoms with Crippen LogP contribution in [-0.2, 0) is 65.5 Å². The second kappa shape index (κ2) is 26.9. The van der Waals surface area contributed by atoms with E-state index >= 15 is 4.79 Å². The molecule has 75 heavy (non-hydrogen) atoms. The number of esters is 1. The number of amides is 9. The van der Waals surface area contributed by atoms with E-state index < -0.39 is 120 Å². The van der Waals surface area contributed by atoms with E-state index in [9.17, 15) is 48.3 Å². The van der Waals surface area contributed by atoms with E-state index in [1.165, 1.54) is 37.8 Å². The van der Waals surface area contributed by atoms with Gasteiger partial charge in [0.05, 0.1) is 7.11 Å². The zero-order chi connectivity index (χ0) is 55.3. The van der Waals surface area contributed by atoms with Gasteiger partial charge in [-0.15, -0.1) is 0 Å². The minimum Gasteiger partial charge on any atom is -0.497 e. The molecule has 0 radical (unpaired) electrons. The van der Waals surface area contributed by atoms with E-state index in [0.717, 1.165) is 4.90 Å². The molecule has 9 amide bonds. The predicted octanol–water partition coefficient (Wildman–Crippen LogP) is 0.355. The number of piperidine rings is 1. The summed E-state index contributed by atoms with van der Waals surface area (Å²) in [6, 6.07) is 4.45. The molecule has 5 rings (SSSR count). The van der Waals surface area contributed by atoms with Crippen molar-refractivity contribution >= 4 is 59.1 Å². The molecule has 3 saturated heterocycles. The number of nitrogens with one attached hydrogen (secondary N) is 5. The van der Waals surface area contributed by atoms with E-state index in [4.69, 9.17) is 15.2 Å². The third-order valence-corrected chi connectivity index (χ3v) is 14.2. The summed E-state index contributed by atoms with van der Waals surface area (Å²) in [4.78, 5) is 145. The van der Waals surface area contributed by atoms with Crippen LogP contribution in [0.5, 0.6) is 5.75 Å². The van der Waals surface area contributed by atoms with Gasteiger partial charge in [0.15, 0.2) is 0 Å². The Morgan fingerprint density at radius 1 is 0.853 bits per heavy atom. The van der Waals surface area contributed by atoms with Crippen LogP contribution in [0.15, 0.2) is 54.6 Å². The number of benzene rings is 2. The number of hydrogen-bond donors (Lipinski definition) is 7. The molecule has 0 aromatic heterocycles. The lowest BCUT2D eigenvalue weighted by atomic mass is 9.94. The topological polar surface area (TPSA) is 305 Å². The normalized spacial score (nSPS) is 26.1. The Morgan fingerprint density at radius 2 is 1.51 bits per heavy atom. The number of ether oxygens (including phenoxy) is 2. The van der Waals surface area contributed by atoms with E-state index in [1.54, 1.807) is 82.3 Å². The van der Waals surface area contributed by atoms with Gasteiger partial charge in [-0.2, -0.15) is 0 Å². The lowest BCUT2D eigenvalue weighted by molar-refractivity contribution is -0.165. The summed E-state index contributed by atoms with van der Waals surface area (Å²) in [5.74, 6) is -8.38. The van der Waals surface area contributed by atoms with E-state index in [-0.39, 0.29) is 56.8 Å². The molecular formula is C53H75N9O13. The van der Waals surface area contributed by atoms with Crippen LogP contribution in [0.1, 0.15) is 104 Å². The molecule has 3 aliphatic rings. The van der Waals surface area contributed by atoms with E-state index in [2.05, 4.69) is 26.6 Å². The van der Waals surface area contributed by atoms with Gasteiger partial charge in [0.25, 0.3) is 0 Å². The largest absolute Gasteiger partial charge is 0.497 e. The van der Waals surface area contributed by atoms with Crippen LogP contribution >= 0.6 is 0 Å². The number of nitrogens with two attached hydrogens (primary N) is 1. The zero-order valence-electron chi connectivity index (χ0n) is 44.2. The SMILES string of the molecule is CC[C@@H](C)[C@@H]1NC(=O)[C@H](Cc2ccc(OC)cc2)N(C)C(=O)[C@H](Cc2ccccc2)N2C(=O)[C@H](CC[C@H]2O)NC(=O)[C@H](CC(C)C)NC(=O)[C@@H](NC(=O)[C@H](CCC(N)=O)NC(=O)[C@@H]2CCCN2C(C)=O)[C@@H](C)OC1=O. The van der Waals surface area contributed by atoms with Gasteiger partial charge in [-0.05, 0) is 80.5 Å². The fraction of sp³-hybridized carbons (Fsp3) is 0.585. The molecule has 3 heterocycles. The first-order chi connectivity index (χ1) is 35.5. The number of hydrogen-bond acceptors (Lipinski definition) is 13. The van der Waals surface area contributed by atoms with E-state index in [0.29, 0.717) is 42.7 Å². The van der Waals surface area contributed by atoms with Crippen LogP contribution in [0, 0.1) is 11.8 Å². The first-order valence-corrected chi connectivity index (χ1v) is 25.8. The third kappa shape index (κ3) is 15.5. The molecule has 0 spiro atoms. The predicted molar refractivity (Wildman–Crippen MR) is 272 cm³/mol. The minimum atomic E-state index is -1.81. The Kier molecular flexibility index (Phi) is 21.1. The van der Waals surface area contributed by atoms with Crippen molar-refractivity contribution in [1.29, 1.82) is 0 Å². The summed E-state index contributed by atoms with van der Waals surface area (Å²) in [6.45, 7) is 9.95. The molecule has 410 valence electrons. The van der Waals surface area contributed by atoms with Gasteiger partial charge in [-0.1, -0.05) is 76.6 Å². The van der Waals surface area contributed by atoms with Gasteiger partial charge < -0.3 is 61.6 Å². The van der Waals surface area contributed by atoms with E-state index in [1.807, 2.05) is 0 Å². The number of rotatable bonds is 16. The molecule has 22 heteroatoms. The molecule has 3 aliphatic heterocycles. The minimum absolute atomic E-state index is 0.00259. The summed E-state index contributed by atoms with van der Waals surface area (Å²) in [6.07, 6.45) is -2.95. The molecule has 0 aliphatic carbocycles. The Balaban J connectivity index is 1.62. The van der Waals surface area contributed by atoms with Crippen LogP contribution in [-0.4, -0.2) is 160 Å². The van der Waals surface area contributed by atoms with Crippen molar-refractivity contribution in [3.63, 3.8) is 0 Å². The van der Waals surface area contributed by atoms with Crippen molar-refractivity contribution < 1.29 is 62.5 Å². The van der Waals surface area contributed by atoms with Gasteiger partial charge in [0, 0.05) is 39.8 Å². The molecule has 2 aromatic carbocycles. The number of cyclic esters (lactones) is 1. The Labute approximate surface area is 437 Å². The van der Waals surface area contributed by atoms with Crippen molar-refractivity contribution in [2.45, 2.75) is 166 Å². The maximum atomic E-state index is 15.2. The molecule has 2 aromatic rings. The number of aliphatic hydroxyl groups is 1. The van der Waals surface area contributed by atoms with Crippen molar-refractivity contribution in [2.24, 2.45) is 17.6 Å². The summed E-state index contributed by atoms with van der Waals surface area (Å²) >= 11 is 0. The van der Waals surface area contributed by atoms with Crippen LogP contribution in [0.4, 0.5) is 0 Å². The lowest BCUT2D eigenvalue weighted by Gasteiger charge is -2.43. The maximum Gasteiger partial charge on any atom is 0.329 e. The van der Waals surface area contributed by atoms with Gasteiger partial charge in [0.2, 0.25) is 53.2 Å². The van der Waals surface area contributed by atoms with Gasteiger partial charge in [0.1, 0.15) is 66.4 Å². The third-order valence-electron chi connectivity index (χ3n) is 14.2. The molecule has 3 fully saturated rings. The molecule has 11 atom stereocenters. The average Bonchev–Trinajstić information content (AvgIpc) is 3.88. The summed E-state index contributed by atoms with van der Waals surface area (Å²) in [5.41, 5.74) is 6.68. The Morgan fingerprint density at radius 3 is 2.12 bits per heavy atom. The lowest BCUT2D eigenvalue weighted by Crippen LogP contribution is -2.65. The quantitative estimate of drug-likeness (QED) is 0.112. The maximum absolute atomic E-state index is 15.2.